The lowest BCUT2D eigenvalue weighted by atomic mass is 10.1. The van der Waals surface area contributed by atoms with E-state index in [1.807, 2.05) is 79.7 Å². The highest BCUT2D eigenvalue weighted by molar-refractivity contribution is 9.10. The van der Waals surface area contributed by atoms with E-state index in [4.69, 9.17) is 4.98 Å². The van der Waals surface area contributed by atoms with Gasteiger partial charge in [0, 0.05) is 21.8 Å². The second-order valence-electron chi connectivity index (χ2n) is 7.61. The zero-order chi connectivity index (χ0) is 22.2. The third kappa shape index (κ3) is 3.71. The summed E-state index contributed by atoms with van der Waals surface area (Å²) >= 11 is 3.39. The van der Waals surface area contributed by atoms with Crippen LogP contribution in [0.15, 0.2) is 88.1 Å². The molecule has 0 radical (unpaired) electrons. The third-order valence-electron chi connectivity index (χ3n) is 5.33. The summed E-state index contributed by atoms with van der Waals surface area (Å²) in [6.45, 7) is 2.04. The average Bonchev–Trinajstić information content (AvgIpc) is 3.10. The lowest BCUT2D eigenvalue weighted by Gasteiger charge is -2.09. The van der Waals surface area contributed by atoms with Crippen LogP contribution in [0.5, 0.6) is 0 Å². The van der Waals surface area contributed by atoms with Gasteiger partial charge in [0.2, 0.25) is 11.7 Å². The van der Waals surface area contributed by atoms with Gasteiger partial charge in [-0.1, -0.05) is 57.9 Å². The number of halogens is 1. The predicted molar refractivity (Wildman–Crippen MR) is 130 cm³/mol. The van der Waals surface area contributed by atoms with Crippen molar-refractivity contribution in [2.45, 2.75) is 13.5 Å². The molecule has 0 atom stereocenters. The first-order chi connectivity index (χ1) is 15.5. The molecule has 0 bridgehead atoms. The fraction of sp³-hybridized carbons (Fsp3) is 0.0800. The van der Waals surface area contributed by atoms with Crippen LogP contribution in [0, 0.1) is 6.92 Å². The molecule has 5 aromatic rings. The molecule has 0 saturated heterocycles. The van der Waals surface area contributed by atoms with Gasteiger partial charge in [-0.05, 0) is 43.3 Å². The molecule has 158 valence electrons. The van der Waals surface area contributed by atoms with E-state index in [1.165, 1.54) is 6.07 Å². The van der Waals surface area contributed by atoms with E-state index in [9.17, 15) is 9.59 Å². The Labute approximate surface area is 192 Å². The van der Waals surface area contributed by atoms with Gasteiger partial charge >= 0.3 is 0 Å². The molecule has 0 fully saturated rings. The number of nitrogens with zero attached hydrogens (tertiary/aromatic N) is 3. The van der Waals surface area contributed by atoms with Crippen molar-refractivity contribution in [3.8, 4) is 11.3 Å². The van der Waals surface area contributed by atoms with E-state index in [1.54, 1.807) is 8.97 Å². The summed E-state index contributed by atoms with van der Waals surface area (Å²) in [6, 6.07) is 24.3. The third-order valence-corrected chi connectivity index (χ3v) is 5.86. The van der Waals surface area contributed by atoms with Crippen molar-refractivity contribution in [3.05, 3.63) is 99.3 Å². The number of amides is 1. The van der Waals surface area contributed by atoms with Gasteiger partial charge in [0.1, 0.15) is 6.54 Å². The van der Waals surface area contributed by atoms with Crippen LogP contribution >= 0.6 is 15.9 Å². The number of aryl methyl sites for hydroxylation is 1. The van der Waals surface area contributed by atoms with E-state index in [2.05, 4.69) is 21.2 Å². The first-order valence-electron chi connectivity index (χ1n) is 10.1. The number of carbonyl (C=O) groups is 1. The van der Waals surface area contributed by atoms with Crippen molar-refractivity contribution in [2.75, 3.05) is 5.32 Å². The SMILES string of the molecule is Cc1ccc(-c2cc(=O)n3c4ccccc4n(CC(=O)Nc4ccc(Br)cc4)c3n2)cc1. The minimum atomic E-state index is -0.203. The smallest absolute Gasteiger partial charge is 0.260 e. The first-order valence-corrected chi connectivity index (χ1v) is 10.9. The maximum absolute atomic E-state index is 13.1. The number of fused-ring (bicyclic) bond motifs is 3. The van der Waals surface area contributed by atoms with E-state index < -0.39 is 0 Å². The van der Waals surface area contributed by atoms with E-state index in [-0.39, 0.29) is 18.0 Å². The Hall–Kier alpha value is -3.71. The lowest BCUT2D eigenvalue weighted by molar-refractivity contribution is -0.116. The van der Waals surface area contributed by atoms with Gasteiger partial charge in [-0.3, -0.25) is 9.59 Å². The van der Waals surface area contributed by atoms with Crippen LogP contribution in [0.25, 0.3) is 28.1 Å². The number of imidazole rings is 1. The second kappa shape index (κ2) is 8.09. The molecule has 6 nitrogen and oxygen atoms in total. The maximum Gasteiger partial charge on any atom is 0.260 e. The van der Waals surface area contributed by atoms with Crippen LogP contribution < -0.4 is 10.9 Å². The summed E-state index contributed by atoms with van der Waals surface area (Å²) in [5.41, 5.74) is 4.55. The van der Waals surface area contributed by atoms with Crippen LogP contribution in [-0.4, -0.2) is 19.9 Å². The number of hydrogen-bond acceptors (Lipinski definition) is 3. The lowest BCUT2D eigenvalue weighted by Crippen LogP contribution is -2.20. The number of nitrogens with one attached hydrogen (secondary N) is 1. The zero-order valence-corrected chi connectivity index (χ0v) is 18.8. The van der Waals surface area contributed by atoms with E-state index >= 15 is 0 Å². The fourth-order valence-electron chi connectivity index (χ4n) is 3.77. The zero-order valence-electron chi connectivity index (χ0n) is 17.2. The Morgan fingerprint density at radius 2 is 1.66 bits per heavy atom. The summed E-state index contributed by atoms with van der Waals surface area (Å²) in [5, 5.41) is 2.91. The van der Waals surface area contributed by atoms with Crippen molar-refractivity contribution >= 4 is 44.3 Å². The number of anilines is 1. The second-order valence-corrected chi connectivity index (χ2v) is 8.53. The van der Waals surface area contributed by atoms with Gasteiger partial charge in [-0.15, -0.1) is 0 Å². The number of para-hydroxylation sites is 2. The minimum Gasteiger partial charge on any atom is -0.325 e. The number of benzene rings is 3. The molecule has 32 heavy (non-hydrogen) atoms. The van der Waals surface area contributed by atoms with Gasteiger partial charge in [0.15, 0.2) is 0 Å². The highest BCUT2D eigenvalue weighted by Gasteiger charge is 2.17. The molecule has 0 aliphatic rings. The highest BCUT2D eigenvalue weighted by atomic mass is 79.9. The minimum absolute atomic E-state index is 0.0247. The fourth-order valence-corrected chi connectivity index (χ4v) is 4.04. The Kier molecular flexibility index (Phi) is 5.11. The molecule has 5 rings (SSSR count). The van der Waals surface area contributed by atoms with Crippen LogP contribution in [0.3, 0.4) is 0 Å². The molecule has 0 aliphatic carbocycles. The molecule has 1 N–H and O–H groups in total. The summed E-state index contributed by atoms with van der Waals surface area (Å²) in [4.78, 5) is 30.7. The molecule has 1 amide bonds. The monoisotopic (exact) mass is 486 g/mol. The predicted octanol–water partition coefficient (Wildman–Crippen LogP) is 5.03. The van der Waals surface area contributed by atoms with Gasteiger partial charge < -0.3 is 9.88 Å². The topological polar surface area (TPSA) is 68.4 Å². The number of hydrogen-bond donors (Lipinski definition) is 1. The van der Waals surface area contributed by atoms with Gasteiger partial charge in [0.25, 0.3) is 5.56 Å². The Morgan fingerprint density at radius 1 is 0.969 bits per heavy atom. The molecule has 2 aromatic heterocycles. The van der Waals surface area contributed by atoms with Crippen molar-refractivity contribution in [1.82, 2.24) is 14.0 Å². The maximum atomic E-state index is 13.1. The van der Waals surface area contributed by atoms with E-state index in [0.717, 1.165) is 21.1 Å². The number of rotatable bonds is 4. The summed E-state index contributed by atoms with van der Waals surface area (Å²) in [7, 11) is 0. The van der Waals surface area contributed by atoms with Gasteiger partial charge in [-0.2, -0.15) is 0 Å². The van der Waals surface area contributed by atoms with E-state index in [0.29, 0.717) is 22.7 Å². The van der Waals surface area contributed by atoms with Crippen molar-refractivity contribution in [3.63, 3.8) is 0 Å². The molecule has 0 unspecified atom stereocenters. The van der Waals surface area contributed by atoms with Gasteiger partial charge in [0.05, 0.1) is 16.7 Å². The Balaban J connectivity index is 1.62. The molecule has 7 heteroatoms. The molecule has 2 heterocycles. The summed E-state index contributed by atoms with van der Waals surface area (Å²) in [5.74, 6) is 0.228. The standard InChI is InChI=1S/C25H19BrN4O2/c1-16-6-8-17(9-7-16)20-14-24(32)30-22-5-3-2-4-21(22)29(25(30)28-20)15-23(31)27-19-12-10-18(26)11-13-19/h2-14H,15H2,1H3,(H,27,31). The van der Waals surface area contributed by atoms with Crippen molar-refractivity contribution in [2.24, 2.45) is 0 Å². The highest BCUT2D eigenvalue weighted by Crippen LogP contribution is 2.22. The molecule has 3 aromatic carbocycles. The van der Waals surface area contributed by atoms with Crippen LogP contribution in [-0.2, 0) is 11.3 Å². The average molecular weight is 487 g/mol. The summed E-state index contributed by atoms with van der Waals surface area (Å²) < 4.78 is 4.27. The Bertz CT molecular complexity index is 1520. The largest absolute Gasteiger partial charge is 0.325 e. The summed E-state index contributed by atoms with van der Waals surface area (Å²) in [6.07, 6.45) is 0. The molecular formula is C25H19BrN4O2. The first kappa shape index (κ1) is 20.2. The van der Waals surface area contributed by atoms with Crippen LogP contribution in [0.2, 0.25) is 0 Å². The molecular weight excluding hydrogens is 468 g/mol. The molecule has 0 saturated carbocycles. The number of aromatic nitrogens is 3. The quantitative estimate of drug-likeness (QED) is 0.387. The Morgan fingerprint density at radius 3 is 2.38 bits per heavy atom. The van der Waals surface area contributed by atoms with Crippen molar-refractivity contribution in [1.29, 1.82) is 0 Å². The van der Waals surface area contributed by atoms with Crippen LogP contribution in [0.1, 0.15) is 5.56 Å². The number of carbonyl (C=O) groups excluding carboxylic acids is 1. The van der Waals surface area contributed by atoms with Crippen LogP contribution in [0.4, 0.5) is 5.69 Å². The molecule has 0 spiro atoms. The van der Waals surface area contributed by atoms with Gasteiger partial charge in [-0.25, -0.2) is 9.38 Å². The normalized spacial score (nSPS) is 11.2. The molecule has 0 aliphatic heterocycles. The van der Waals surface area contributed by atoms with Crippen molar-refractivity contribution < 1.29 is 4.79 Å².